The fourth-order valence-electron chi connectivity index (χ4n) is 2.33. The summed E-state index contributed by atoms with van der Waals surface area (Å²) < 4.78 is 0. The third-order valence-electron chi connectivity index (χ3n) is 3.20. The van der Waals surface area contributed by atoms with Gasteiger partial charge in [-0.15, -0.1) is 0 Å². The molecule has 1 aliphatic rings. The second-order valence-corrected chi connectivity index (χ2v) is 5.09. The molecule has 0 radical (unpaired) electrons. The van der Waals surface area contributed by atoms with Crippen molar-refractivity contribution in [2.75, 3.05) is 0 Å². The van der Waals surface area contributed by atoms with Gasteiger partial charge >= 0.3 is 7.12 Å². The Morgan fingerprint density at radius 3 is 2.50 bits per heavy atom. The van der Waals surface area contributed by atoms with E-state index in [4.69, 9.17) is 10.0 Å². The second kappa shape index (κ2) is 5.51. The standard InChI is InChI=1S/C13H21BO2/c1-11-7-6-9-13(2,3)12(11)8-4-5-10-14(15)16/h4-5,8,10,15-16H,6-7,9H2,1-3H3/b8-4+,10-5+. The van der Waals surface area contributed by atoms with E-state index in [2.05, 4.69) is 26.8 Å². The first-order chi connectivity index (χ1) is 7.43. The van der Waals surface area contributed by atoms with Crippen LogP contribution in [0.4, 0.5) is 0 Å². The van der Waals surface area contributed by atoms with E-state index < -0.39 is 7.12 Å². The zero-order valence-corrected chi connectivity index (χ0v) is 10.4. The van der Waals surface area contributed by atoms with Crippen molar-refractivity contribution in [3.8, 4) is 0 Å². The number of hydrogen-bond acceptors (Lipinski definition) is 2. The highest BCUT2D eigenvalue weighted by Crippen LogP contribution is 2.40. The van der Waals surface area contributed by atoms with Crippen LogP contribution in [0.3, 0.4) is 0 Å². The molecule has 0 aliphatic heterocycles. The number of hydrogen-bond donors (Lipinski definition) is 2. The van der Waals surface area contributed by atoms with Gasteiger partial charge in [0, 0.05) is 0 Å². The van der Waals surface area contributed by atoms with Gasteiger partial charge in [0.05, 0.1) is 0 Å². The van der Waals surface area contributed by atoms with E-state index in [0.29, 0.717) is 0 Å². The molecule has 0 saturated heterocycles. The van der Waals surface area contributed by atoms with Gasteiger partial charge in [0.2, 0.25) is 0 Å². The highest BCUT2D eigenvalue weighted by atomic mass is 16.4. The molecule has 88 valence electrons. The molecule has 0 aromatic heterocycles. The van der Waals surface area contributed by atoms with Crippen LogP contribution in [-0.2, 0) is 0 Å². The van der Waals surface area contributed by atoms with Gasteiger partial charge in [-0.3, -0.25) is 0 Å². The lowest BCUT2D eigenvalue weighted by Crippen LogP contribution is -2.18. The van der Waals surface area contributed by atoms with E-state index in [1.165, 1.54) is 36.4 Å². The average Bonchev–Trinajstić information content (AvgIpc) is 2.14. The SMILES string of the molecule is CC1=C(/C=C/C=C/B(O)O)C(C)(C)CCC1. The molecule has 0 amide bonds. The maximum absolute atomic E-state index is 8.67. The first-order valence-electron chi connectivity index (χ1n) is 5.85. The van der Waals surface area contributed by atoms with E-state index >= 15 is 0 Å². The third-order valence-corrected chi connectivity index (χ3v) is 3.20. The summed E-state index contributed by atoms with van der Waals surface area (Å²) in [6, 6.07) is 0. The Kier molecular flexibility index (Phi) is 4.57. The quantitative estimate of drug-likeness (QED) is 0.567. The Bertz CT molecular complexity index is 325. The Morgan fingerprint density at radius 1 is 1.25 bits per heavy atom. The van der Waals surface area contributed by atoms with E-state index in [1.54, 1.807) is 6.08 Å². The monoisotopic (exact) mass is 220 g/mol. The maximum Gasteiger partial charge on any atom is 0.480 e. The lowest BCUT2D eigenvalue weighted by atomic mass is 9.72. The van der Waals surface area contributed by atoms with Crippen molar-refractivity contribution < 1.29 is 10.0 Å². The van der Waals surface area contributed by atoms with Crippen molar-refractivity contribution in [1.29, 1.82) is 0 Å². The third kappa shape index (κ3) is 3.65. The molecule has 1 rings (SSSR count). The maximum atomic E-state index is 8.67. The molecular weight excluding hydrogens is 199 g/mol. The molecule has 0 unspecified atom stereocenters. The molecule has 0 aromatic carbocycles. The molecule has 3 heteroatoms. The Hall–Kier alpha value is -0.795. The first-order valence-corrected chi connectivity index (χ1v) is 5.85. The lowest BCUT2D eigenvalue weighted by molar-refractivity contribution is 0.377. The van der Waals surface area contributed by atoms with Gasteiger partial charge in [-0.25, -0.2) is 0 Å². The van der Waals surface area contributed by atoms with Crippen molar-refractivity contribution in [3.63, 3.8) is 0 Å². The van der Waals surface area contributed by atoms with Crippen molar-refractivity contribution in [2.24, 2.45) is 5.41 Å². The summed E-state index contributed by atoms with van der Waals surface area (Å²) in [5.74, 6) is 1.35. The van der Waals surface area contributed by atoms with Gasteiger partial charge in [0.1, 0.15) is 0 Å². The fourth-order valence-corrected chi connectivity index (χ4v) is 2.33. The van der Waals surface area contributed by atoms with Crippen molar-refractivity contribution in [3.05, 3.63) is 35.3 Å². The first kappa shape index (κ1) is 13.3. The van der Waals surface area contributed by atoms with Crippen molar-refractivity contribution >= 4 is 7.12 Å². The molecule has 16 heavy (non-hydrogen) atoms. The molecule has 0 spiro atoms. The van der Waals surface area contributed by atoms with Crippen LogP contribution in [0.25, 0.3) is 0 Å². The summed E-state index contributed by atoms with van der Waals surface area (Å²) in [4.78, 5) is 0. The van der Waals surface area contributed by atoms with Crippen LogP contribution in [0.2, 0.25) is 0 Å². The van der Waals surface area contributed by atoms with Crippen LogP contribution in [0.5, 0.6) is 0 Å². The Morgan fingerprint density at radius 2 is 1.94 bits per heavy atom. The van der Waals surface area contributed by atoms with E-state index in [0.717, 1.165) is 0 Å². The van der Waals surface area contributed by atoms with Gasteiger partial charge in [0.25, 0.3) is 0 Å². The Balaban J connectivity index is 2.77. The molecule has 0 saturated carbocycles. The average molecular weight is 220 g/mol. The fraction of sp³-hybridized carbons (Fsp3) is 0.538. The molecule has 1 aliphatic carbocycles. The summed E-state index contributed by atoms with van der Waals surface area (Å²) in [5.41, 5.74) is 3.08. The lowest BCUT2D eigenvalue weighted by Gasteiger charge is -2.32. The van der Waals surface area contributed by atoms with Gasteiger partial charge in [-0.1, -0.05) is 43.6 Å². The zero-order chi connectivity index (χ0) is 12.2. The minimum atomic E-state index is -1.36. The normalized spacial score (nSPS) is 21.1. The van der Waals surface area contributed by atoms with E-state index in [1.807, 2.05) is 6.08 Å². The molecule has 0 bridgehead atoms. The molecule has 0 fully saturated rings. The van der Waals surface area contributed by atoms with Crippen LogP contribution in [0.15, 0.2) is 35.3 Å². The molecule has 2 N–H and O–H groups in total. The predicted octanol–water partition coefficient (Wildman–Crippen LogP) is 2.64. The minimum Gasteiger partial charge on any atom is -0.424 e. The topological polar surface area (TPSA) is 40.5 Å². The van der Waals surface area contributed by atoms with Crippen molar-refractivity contribution in [2.45, 2.75) is 40.0 Å². The van der Waals surface area contributed by atoms with Crippen LogP contribution >= 0.6 is 0 Å². The summed E-state index contributed by atoms with van der Waals surface area (Å²) in [6.07, 6.45) is 9.31. The highest BCUT2D eigenvalue weighted by Gasteiger charge is 2.26. The smallest absolute Gasteiger partial charge is 0.424 e. The van der Waals surface area contributed by atoms with Gasteiger partial charge in [-0.05, 0) is 37.2 Å². The van der Waals surface area contributed by atoms with Crippen LogP contribution in [0.1, 0.15) is 40.0 Å². The molecule has 2 nitrogen and oxygen atoms in total. The largest absolute Gasteiger partial charge is 0.480 e. The summed E-state index contributed by atoms with van der Waals surface area (Å²) in [5, 5.41) is 17.3. The number of allylic oxidation sites excluding steroid dienone is 5. The summed E-state index contributed by atoms with van der Waals surface area (Å²) in [6.45, 7) is 6.71. The van der Waals surface area contributed by atoms with Gasteiger partial charge < -0.3 is 10.0 Å². The summed E-state index contributed by atoms with van der Waals surface area (Å²) in [7, 11) is -1.36. The minimum absolute atomic E-state index is 0.241. The van der Waals surface area contributed by atoms with Crippen LogP contribution < -0.4 is 0 Å². The van der Waals surface area contributed by atoms with Crippen LogP contribution in [-0.4, -0.2) is 17.2 Å². The van der Waals surface area contributed by atoms with E-state index in [9.17, 15) is 0 Å². The van der Waals surface area contributed by atoms with Gasteiger partial charge in [-0.2, -0.15) is 0 Å². The summed E-state index contributed by atoms with van der Waals surface area (Å²) >= 11 is 0. The number of rotatable bonds is 3. The predicted molar refractivity (Wildman–Crippen MR) is 68.8 cm³/mol. The van der Waals surface area contributed by atoms with Gasteiger partial charge in [0.15, 0.2) is 0 Å². The van der Waals surface area contributed by atoms with E-state index in [-0.39, 0.29) is 5.41 Å². The van der Waals surface area contributed by atoms with Crippen LogP contribution in [0, 0.1) is 5.41 Å². The highest BCUT2D eigenvalue weighted by molar-refractivity contribution is 6.47. The molecular formula is C13H21BO2. The molecule has 0 aromatic rings. The zero-order valence-electron chi connectivity index (χ0n) is 10.4. The molecule has 0 atom stereocenters. The molecule has 0 heterocycles. The second-order valence-electron chi connectivity index (χ2n) is 5.09. The van der Waals surface area contributed by atoms with Crippen molar-refractivity contribution in [1.82, 2.24) is 0 Å². The Labute approximate surface area is 98.5 Å².